The maximum atomic E-state index is 6.21. The number of hydrogen-bond donors (Lipinski definition) is 2. The second-order valence-electron chi connectivity index (χ2n) is 8.21. The van der Waals surface area contributed by atoms with Crippen molar-refractivity contribution < 1.29 is 14.2 Å². The van der Waals surface area contributed by atoms with Gasteiger partial charge in [0.05, 0.1) is 19.8 Å². The number of ether oxygens (including phenoxy) is 3. The molecule has 2 N–H and O–H groups in total. The van der Waals surface area contributed by atoms with Crippen LogP contribution in [0.1, 0.15) is 50.7 Å². The first-order valence-corrected chi connectivity index (χ1v) is 11.1. The van der Waals surface area contributed by atoms with Gasteiger partial charge < -0.3 is 24.8 Å². The topological polar surface area (TPSA) is 64.1 Å². The lowest BCUT2D eigenvalue weighted by atomic mass is 10.0. The fraction of sp³-hybridized carbons (Fsp3) is 0.696. The Morgan fingerprint density at radius 2 is 2.10 bits per heavy atom. The summed E-state index contributed by atoms with van der Waals surface area (Å²) in [5, 5.41) is 6.92. The zero-order valence-corrected chi connectivity index (χ0v) is 21.0. The quantitative estimate of drug-likeness (QED) is 0.195. The van der Waals surface area contributed by atoms with Gasteiger partial charge in [0.2, 0.25) is 0 Å². The molecule has 1 aromatic rings. The Morgan fingerprint density at radius 3 is 2.77 bits per heavy atom. The number of hydrogen-bond acceptors (Lipinski definition) is 4. The third-order valence-corrected chi connectivity index (χ3v) is 5.72. The van der Waals surface area contributed by atoms with Crippen molar-refractivity contribution in [2.75, 3.05) is 39.5 Å². The van der Waals surface area contributed by atoms with Crippen LogP contribution in [0.2, 0.25) is 0 Å². The van der Waals surface area contributed by atoms with E-state index < -0.39 is 0 Å². The Morgan fingerprint density at radius 1 is 1.27 bits per heavy atom. The third-order valence-electron chi connectivity index (χ3n) is 5.72. The van der Waals surface area contributed by atoms with Gasteiger partial charge in [-0.1, -0.05) is 12.1 Å². The normalized spacial score (nSPS) is 19.8. The average Bonchev–Trinajstić information content (AvgIpc) is 3.29. The molecule has 0 bridgehead atoms. The van der Waals surface area contributed by atoms with Gasteiger partial charge in [0.1, 0.15) is 11.9 Å². The summed E-state index contributed by atoms with van der Waals surface area (Å²) in [7, 11) is 0. The lowest BCUT2D eigenvalue weighted by Crippen LogP contribution is -2.40. The summed E-state index contributed by atoms with van der Waals surface area (Å²) in [4.78, 5) is 4.83. The molecule has 0 spiro atoms. The average molecular weight is 531 g/mol. The maximum Gasteiger partial charge on any atom is 0.191 e. The monoisotopic (exact) mass is 531 g/mol. The summed E-state index contributed by atoms with van der Waals surface area (Å²) in [5.74, 6) is 1.79. The predicted octanol–water partition coefficient (Wildman–Crippen LogP) is 4.04. The van der Waals surface area contributed by atoms with E-state index in [4.69, 9.17) is 19.2 Å². The van der Waals surface area contributed by atoms with Crippen LogP contribution < -0.4 is 15.4 Å². The first-order valence-electron chi connectivity index (χ1n) is 11.1. The molecule has 1 saturated carbocycles. The summed E-state index contributed by atoms with van der Waals surface area (Å²) < 4.78 is 17.2. The summed E-state index contributed by atoms with van der Waals surface area (Å²) in [5.41, 5.74) is 2.69. The molecular formula is C23H38IN3O3. The SMILES string of the molecule is CCNC(=NCc1ccc(C)cc1OC1CCOC1)NCC1(CCOCC)CC1.I. The molecule has 1 heterocycles. The highest BCUT2D eigenvalue weighted by molar-refractivity contribution is 14.0. The van der Waals surface area contributed by atoms with Crippen LogP contribution in [0.3, 0.4) is 0 Å². The molecule has 7 heteroatoms. The Balaban J connectivity index is 0.00000320. The standard InChI is InChI=1S/C23H37N3O3.HI/c1-4-24-22(26-17-23(9-10-23)11-13-27-5-2)25-15-19-7-6-18(3)14-21(19)29-20-8-12-28-16-20;/h6-7,14,20H,4-5,8-13,15-17H2,1-3H3,(H2,24,25,26);1H. The lowest BCUT2D eigenvalue weighted by Gasteiger charge is -2.19. The molecule has 6 nitrogen and oxygen atoms in total. The van der Waals surface area contributed by atoms with Crippen molar-refractivity contribution in [2.24, 2.45) is 10.4 Å². The zero-order valence-electron chi connectivity index (χ0n) is 18.7. The first-order chi connectivity index (χ1) is 14.1. The van der Waals surface area contributed by atoms with E-state index in [2.05, 4.69) is 49.6 Å². The van der Waals surface area contributed by atoms with Crippen LogP contribution in [-0.2, 0) is 16.0 Å². The molecule has 1 aromatic carbocycles. The molecule has 1 unspecified atom stereocenters. The van der Waals surface area contributed by atoms with E-state index >= 15 is 0 Å². The molecule has 2 fully saturated rings. The van der Waals surface area contributed by atoms with E-state index in [0.717, 1.165) is 63.0 Å². The zero-order chi connectivity index (χ0) is 20.5. The van der Waals surface area contributed by atoms with E-state index in [0.29, 0.717) is 18.6 Å². The molecule has 3 rings (SSSR count). The van der Waals surface area contributed by atoms with Crippen LogP contribution in [0.5, 0.6) is 5.75 Å². The number of aliphatic imine (C=N–C) groups is 1. The number of aryl methyl sites for hydroxylation is 1. The Hall–Kier alpha value is -1.06. The van der Waals surface area contributed by atoms with Gasteiger partial charge in [0.15, 0.2) is 5.96 Å². The minimum absolute atomic E-state index is 0. The van der Waals surface area contributed by atoms with Crippen LogP contribution in [0, 0.1) is 12.3 Å². The van der Waals surface area contributed by atoms with E-state index in [9.17, 15) is 0 Å². The van der Waals surface area contributed by atoms with E-state index in [1.165, 1.54) is 18.4 Å². The largest absolute Gasteiger partial charge is 0.488 e. The van der Waals surface area contributed by atoms with Crippen LogP contribution in [0.4, 0.5) is 0 Å². The fourth-order valence-electron chi connectivity index (χ4n) is 3.59. The Kier molecular flexibility index (Phi) is 10.7. The molecule has 0 amide bonds. The van der Waals surface area contributed by atoms with Crippen molar-refractivity contribution in [1.29, 1.82) is 0 Å². The van der Waals surface area contributed by atoms with Crippen molar-refractivity contribution in [3.63, 3.8) is 0 Å². The van der Waals surface area contributed by atoms with E-state index in [1.54, 1.807) is 0 Å². The summed E-state index contributed by atoms with van der Waals surface area (Å²) in [6.45, 7) is 11.7. The molecule has 1 atom stereocenters. The van der Waals surface area contributed by atoms with E-state index in [1.807, 2.05) is 0 Å². The molecule has 0 aromatic heterocycles. The first kappa shape index (κ1) is 25.2. The lowest BCUT2D eigenvalue weighted by molar-refractivity contribution is 0.128. The number of benzene rings is 1. The molecule has 1 aliphatic heterocycles. The molecule has 1 saturated heterocycles. The number of nitrogens with zero attached hydrogens (tertiary/aromatic N) is 1. The minimum Gasteiger partial charge on any atom is -0.488 e. The highest BCUT2D eigenvalue weighted by Gasteiger charge is 2.41. The van der Waals surface area contributed by atoms with Crippen molar-refractivity contribution in [3.8, 4) is 5.75 Å². The minimum atomic E-state index is 0. The molecule has 170 valence electrons. The third kappa shape index (κ3) is 7.89. The smallest absolute Gasteiger partial charge is 0.191 e. The Labute approximate surface area is 198 Å². The Bertz CT molecular complexity index is 674. The van der Waals surface area contributed by atoms with Crippen LogP contribution in [-0.4, -0.2) is 51.6 Å². The van der Waals surface area contributed by atoms with Gasteiger partial charge in [0, 0.05) is 38.3 Å². The highest BCUT2D eigenvalue weighted by Crippen LogP contribution is 2.48. The number of halogens is 1. The molecule has 2 aliphatic rings. The second-order valence-corrected chi connectivity index (χ2v) is 8.21. The molecule has 0 radical (unpaired) electrons. The maximum absolute atomic E-state index is 6.21. The number of guanidine groups is 1. The highest BCUT2D eigenvalue weighted by atomic mass is 127. The fourth-order valence-corrected chi connectivity index (χ4v) is 3.59. The molecular weight excluding hydrogens is 493 g/mol. The van der Waals surface area contributed by atoms with Gasteiger partial charge in [-0.05, 0) is 57.1 Å². The van der Waals surface area contributed by atoms with Crippen molar-refractivity contribution >= 4 is 29.9 Å². The van der Waals surface area contributed by atoms with Crippen molar-refractivity contribution in [1.82, 2.24) is 10.6 Å². The van der Waals surface area contributed by atoms with Crippen LogP contribution in [0.25, 0.3) is 0 Å². The summed E-state index contributed by atoms with van der Waals surface area (Å²) >= 11 is 0. The van der Waals surface area contributed by atoms with Gasteiger partial charge in [-0.2, -0.15) is 0 Å². The number of nitrogens with one attached hydrogen (secondary N) is 2. The summed E-state index contributed by atoms with van der Waals surface area (Å²) in [6, 6.07) is 6.35. The molecule has 30 heavy (non-hydrogen) atoms. The van der Waals surface area contributed by atoms with Crippen molar-refractivity contribution in [2.45, 2.75) is 59.1 Å². The van der Waals surface area contributed by atoms with Crippen LogP contribution in [0.15, 0.2) is 23.2 Å². The number of rotatable bonds is 11. The van der Waals surface area contributed by atoms with Gasteiger partial charge in [-0.3, -0.25) is 0 Å². The van der Waals surface area contributed by atoms with Crippen molar-refractivity contribution in [3.05, 3.63) is 29.3 Å². The van der Waals surface area contributed by atoms with Gasteiger partial charge in [-0.25, -0.2) is 4.99 Å². The predicted molar refractivity (Wildman–Crippen MR) is 132 cm³/mol. The van der Waals surface area contributed by atoms with Gasteiger partial charge in [0.25, 0.3) is 0 Å². The molecule has 1 aliphatic carbocycles. The second kappa shape index (κ2) is 12.7. The van der Waals surface area contributed by atoms with Crippen LogP contribution >= 0.6 is 24.0 Å². The van der Waals surface area contributed by atoms with E-state index in [-0.39, 0.29) is 30.1 Å². The summed E-state index contributed by atoms with van der Waals surface area (Å²) in [6.07, 6.45) is 4.75. The van der Waals surface area contributed by atoms with Gasteiger partial charge >= 0.3 is 0 Å². The van der Waals surface area contributed by atoms with Gasteiger partial charge in [-0.15, -0.1) is 24.0 Å².